The van der Waals surface area contributed by atoms with Gasteiger partial charge in [-0.15, -0.1) is 0 Å². The maximum atomic E-state index is 10.5. The second kappa shape index (κ2) is 5.65. The van der Waals surface area contributed by atoms with Gasteiger partial charge in [-0.3, -0.25) is 4.98 Å². The van der Waals surface area contributed by atoms with Gasteiger partial charge in [0, 0.05) is 6.54 Å². The number of nitrogens with zero attached hydrogens (tertiary/aromatic N) is 2. The molecule has 1 aliphatic carbocycles. The number of anilines is 1. The standard InChI is InChI=1S/C14H23N3O/c1-11-12(2)17-13(9-15-11)16-10-14(18)7-5-3-4-6-8-14/h9,18H,3-8,10H2,1-2H3,(H,16,17). The van der Waals surface area contributed by atoms with Gasteiger partial charge in [-0.1, -0.05) is 25.7 Å². The summed E-state index contributed by atoms with van der Waals surface area (Å²) in [6.45, 7) is 4.48. The molecule has 1 aromatic rings. The van der Waals surface area contributed by atoms with Crippen molar-refractivity contribution in [2.45, 2.75) is 58.0 Å². The Hall–Kier alpha value is -1.16. The topological polar surface area (TPSA) is 58.0 Å². The van der Waals surface area contributed by atoms with Crippen molar-refractivity contribution in [2.24, 2.45) is 0 Å². The molecule has 1 fully saturated rings. The van der Waals surface area contributed by atoms with Crippen LogP contribution in [-0.2, 0) is 0 Å². The van der Waals surface area contributed by atoms with E-state index in [0.29, 0.717) is 6.54 Å². The molecule has 0 spiro atoms. The zero-order valence-electron chi connectivity index (χ0n) is 11.4. The largest absolute Gasteiger partial charge is 0.388 e. The normalized spacial score (nSPS) is 19.3. The number of rotatable bonds is 3. The number of aliphatic hydroxyl groups is 1. The maximum Gasteiger partial charge on any atom is 0.144 e. The third kappa shape index (κ3) is 3.42. The van der Waals surface area contributed by atoms with E-state index in [4.69, 9.17) is 0 Å². The molecule has 0 radical (unpaired) electrons. The molecule has 4 nitrogen and oxygen atoms in total. The number of hydrogen-bond acceptors (Lipinski definition) is 4. The molecule has 2 rings (SSSR count). The Labute approximate surface area is 109 Å². The Balaban J connectivity index is 1.95. The average molecular weight is 249 g/mol. The lowest BCUT2D eigenvalue weighted by atomic mass is 9.94. The molecule has 0 aromatic carbocycles. The van der Waals surface area contributed by atoms with Gasteiger partial charge in [0.1, 0.15) is 5.82 Å². The van der Waals surface area contributed by atoms with E-state index in [2.05, 4.69) is 15.3 Å². The van der Waals surface area contributed by atoms with Gasteiger partial charge >= 0.3 is 0 Å². The number of nitrogens with one attached hydrogen (secondary N) is 1. The molecule has 4 heteroatoms. The highest BCUT2D eigenvalue weighted by Crippen LogP contribution is 2.27. The molecule has 1 heterocycles. The first-order valence-electron chi connectivity index (χ1n) is 6.86. The molecule has 1 aromatic heterocycles. The number of aromatic nitrogens is 2. The Morgan fingerprint density at radius 3 is 2.44 bits per heavy atom. The van der Waals surface area contributed by atoms with Crippen LogP contribution in [0.4, 0.5) is 5.82 Å². The minimum absolute atomic E-state index is 0.572. The van der Waals surface area contributed by atoms with Crippen LogP contribution in [-0.4, -0.2) is 27.2 Å². The summed E-state index contributed by atoms with van der Waals surface area (Å²) in [6, 6.07) is 0. The summed E-state index contributed by atoms with van der Waals surface area (Å²) < 4.78 is 0. The molecule has 100 valence electrons. The molecule has 0 aliphatic heterocycles. The van der Waals surface area contributed by atoms with Crippen LogP contribution in [0.25, 0.3) is 0 Å². The highest BCUT2D eigenvalue weighted by Gasteiger charge is 2.27. The second-order valence-corrected chi connectivity index (χ2v) is 5.42. The quantitative estimate of drug-likeness (QED) is 0.808. The van der Waals surface area contributed by atoms with Crippen molar-refractivity contribution < 1.29 is 5.11 Å². The molecule has 18 heavy (non-hydrogen) atoms. The fourth-order valence-corrected chi connectivity index (χ4v) is 2.45. The second-order valence-electron chi connectivity index (χ2n) is 5.42. The van der Waals surface area contributed by atoms with E-state index in [1.807, 2.05) is 13.8 Å². The van der Waals surface area contributed by atoms with Crippen molar-refractivity contribution in [2.75, 3.05) is 11.9 Å². The molecular weight excluding hydrogens is 226 g/mol. The zero-order valence-corrected chi connectivity index (χ0v) is 11.4. The van der Waals surface area contributed by atoms with E-state index < -0.39 is 5.60 Å². The Bertz CT molecular complexity index is 398. The van der Waals surface area contributed by atoms with E-state index in [1.54, 1.807) is 6.20 Å². The van der Waals surface area contributed by atoms with E-state index >= 15 is 0 Å². The van der Waals surface area contributed by atoms with Crippen LogP contribution >= 0.6 is 0 Å². The van der Waals surface area contributed by atoms with Crippen molar-refractivity contribution in [1.82, 2.24) is 9.97 Å². The summed E-state index contributed by atoms with van der Waals surface area (Å²) in [5.41, 5.74) is 1.32. The van der Waals surface area contributed by atoms with E-state index in [-0.39, 0.29) is 0 Å². The van der Waals surface area contributed by atoms with E-state index in [9.17, 15) is 5.11 Å². The van der Waals surface area contributed by atoms with Gasteiger partial charge in [0.2, 0.25) is 0 Å². The van der Waals surface area contributed by atoms with Crippen molar-refractivity contribution in [1.29, 1.82) is 0 Å². The number of hydrogen-bond donors (Lipinski definition) is 2. The van der Waals surface area contributed by atoms with Gasteiger partial charge < -0.3 is 10.4 Å². The average Bonchev–Trinajstić information content (AvgIpc) is 2.56. The van der Waals surface area contributed by atoms with E-state index in [1.165, 1.54) is 12.8 Å². The van der Waals surface area contributed by atoms with Crippen LogP contribution in [0, 0.1) is 13.8 Å². The summed E-state index contributed by atoms with van der Waals surface area (Å²) in [5.74, 6) is 0.760. The molecule has 1 aliphatic rings. The first kappa shape index (κ1) is 13.3. The fourth-order valence-electron chi connectivity index (χ4n) is 2.45. The van der Waals surface area contributed by atoms with Crippen molar-refractivity contribution in [3.63, 3.8) is 0 Å². The fraction of sp³-hybridized carbons (Fsp3) is 0.714. The first-order chi connectivity index (χ1) is 8.59. The van der Waals surface area contributed by atoms with Crippen LogP contribution in [0.3, 0.4) is 0 Å². The van der Waals surface area contributed by atoms with Gasteiger partial charge in [-0.2, -0.15) is 0 Å². The van der Waals surface area contributed by atoms with Gasteiger partial charge in [0.15, 0.2) is 0 Å². The van der Waals surface area contributed by atoms with Crippen molar-refractivity contribution >= 4 is 5.82 Å². The van der Waals surface area contributed by atoms with Gasteiger partial charge in [0.25, 0.3) is 0 Å². The van der Waals surface area contributed by atoms with Crippen LogP contribution in [0.5, 0.6) is 0 Å². The summed E-state index contributed by atoms with van der Waals surface area (Å²) in [4.78, 5) is 8.70. The van der Waals surface area contributed by atoms with E-state index in [0.717, 1.165) is 42.9 Å². The minimum Gasteiger partial charge on any atom is -0.388 e. The van der Waals surface area contributed by atoms with Crippen molar-refractivity contribution in [3.05, 3.63) is 17.6 Å². The molecule has 0 atom stereocenters. The molecule has 0 bridgehead atoms. The summed E-state index contributed by atoms with van der Waals surface area (Å²) in [7, 11) is 0. The molecular formula is C14H23N3O. The minimum atomic E-state index is -0.572. The molecule has 0 unspecified atom stereocenters. The van der Waals surface area contributed by atoms with Gasteiger partial charge in [-0.25, -0.2) is 4.98 Å². The number of aryl methyl sites for hydroxylation is 2. The molecule has 2 N–H and O–H groups in total. The summed E-state index contributed by atoms with van der Waals surface area (Å²) in [6.07, 6.45) is 8.24. The predicted octanol–water partition coefficient (Wildman–Crippen LogP) is 2.59. The Kier molecular flexibility index (Phi) is 4.17. The molecule has 0 saturated heterocycles. The summed E-state index contributed by atoms with van der Waals surface area (Å²) >= 11 is 0. The predicted molar refractivity (Wildman–Crippen MR) is 72.6 cm³/mol. The van der Waals surface area contributed by atoms with Crippen LogP contribution < -0.4 is 5.32 Å². The third-order valence-corrected chi connectivity index (χ3v) is 3.83. The van der Waals surface area contributed by atoms with Gasteiger partial charge in [-0.05, 0) is 26.7 Å². The Morgan fingerprint density at radius 1 is 1.17 bits per heavy atom. The SMILES string of the molecule is Cc1ncc(NCC2(O)CCCCCC2)nc1C. The van der Waals surface area contributed by atoms with Crippen LogP contribution in [0.1, 0.15) is 49.9 Å². The zero-order chi connectivity index (χ0) is 13.0. The monoisotopic (exact) mass is 249 g/mol. The summed E-state index contributed by atoms with van der Waals surface area (Å²) in [5, 5.41) is 13.8. The molecule has 0 amide bonds. The highest BCUT2D eigenvalue weighted by molar-refractivity contribution is 5.33. The smallest absolute Gasteiger partial charge is 0.144 e. The first-order valence-corrected chi connectivity index (χ1v) is 6.86. The Morgan fingerprint density at radius 2 is 1.83 bits per heavy atom. The van der Waals surface area contributed by atoms with Crippen molar-refractivity contribution in [3.8, 4) is 0 Å². The van der Waals surface area contributed by atoms with Crippen LogP contribution in [0.15, 0.2) is 6.20 Å². The van der Waals surface area contributed by atoms with Gasteiger partial charge in [0.05, 0.1) is 23.2 Å². The third-order valence-electron chi connectivity index (χ3n) is 3.83. The lowest BCUT2D eigenvalue weighted by Gasteiger charge is -2.27. The van der Waals surface area contributed by atoms with Crippen LogP contribution in [0.2, 0.25) is 0 Å². The lowest BCUT2D eigenvalue weighted by Crippen LogP contribution is -2.36. The highest BCUT2D eigenvalue weighted by atomic mass is 16.3. The molecule has 1 saturated carbocycles. The maximum absolute atomic E-state index is 10.5. The lowest BCUT2D eigenvalue weighted by molar-refractivity contribution is 0.0380.